The molecule has 23 heteroatoms. The van der Waals surface area contributed by atoms with E-state index in [0.717, 1.165) is 57.9 Å². The Morgan fingerprint density at radius 1 is 0.681 bits per heavy atom. The van der Waals surface area contributed by atoms with Crippen LogP contribution in [0.4, 0.5) is 49.1 Å². The van der Waals surface area contributed by atoms with Crippen LogP contribution in [0.2, 0.25) is 0 Å². The van der Waals surface area contributed by atoms with E-state index in [1.807, 2.05) is 93.4 Å². The van der Waals surface area contributed by atoms with Crippen LogP contribution >= 0.6 is 22.7 Å². The molecule has 14 rings (SSSR count). The highest BCUT2D eigenvalue weighted by Crippen LogP contribution is 2.46. The predicted octanol–water partition coefficient (Wildman–Crippen LogP) is 11.0. The summed E-state index contributed by atoms with van der Waals surface area (Å²) in [6.45, 7) is 4.47. The number of nitrogens with one attached hydrogen (secondary N) is 6. The van der Waals surface area contributed by atoms with Gasteiger partial charge in [-0.25, -0.2) is 14.2 Å². The van der Waals surface area contributed by atoms with Gasteiger partial charge < -0.3 is 57.5 Å². The number of benzene rings is 5. The summed E-state index contributed by atoms with van der Waals surface area (Å²) in [4.78, 5) is 97.7. The first-order valence-corrected chi connectivity index (χ1v) is 33.5. The lowest BCUT2D eigenvalue weighted by atomic mass is 9.75. The number of hydrogen-bond donors (Lipinski definition) is 8. The molecular formula is C71H72FN13O7S2. The fourth-order valence-electron chi connectivity index (χ4n) is 14.2. The van der Waals surface area contributed by atoms with Crippen LogP contribution in [0.1, 0.15) is 105 Å². The van der Waals surface area contributed by atoms with E-state index in [1.165, 1.54) is 40.6 Å². The molecule has 0 saturated carbocycles. The second-order valence-corrected chi connectivity index (χ2v) is 27.6. The molecular weight excluding hydrogens is 1230 g/mol. The summed E-state index contributed by atoms with van der Waals surface area (Å²) in [5.41, 5.74) is 19.3. The molecule has 6 amide bonds. The number of carbonyl (C=O) groups is 6. The Morgan fingerprint density at radius 2 is 1.33 bits per heavy atom. The van der Waals surface area contributed by atoms with E-state index >= 15 is 9.18 Å². The van der Waals surface area contributed by atoms with Gasteiger partial charge in [0.15, 0.2) is 0 Å². The molecule has 6 aliphatic rings. The largest absolute Gasteiger partial charge is 0.440 e. The molecule has 3 spiro atoms. The minimum absolute atomic E-state index is 0.0346. The van der Waals surface area contributed by atoms with E-state index in [9.17, 15) is 24.0 Å². The van der Waals surface area contributed by atoms with Gasteiger partial charge in [0.2, 0.25) is 11.8 Å². The van der Waals surface area contributed by atoms with Gasteiger partial charge >= 0.3 is 6.09 Å². The number of aromatic nitrogens is 1. The third kappa shape index (κ3) is 12.4. The first-order valence-electron chi connectivity index (χ1n) is 31.8. The Morgan fingerprint density at radius 3 is 1.99 bits per heavy atom. The lowest BCUT2D eigenvalue weighted by Gasteiger charge is -2.55. The SMILES string of the molecule is CN1CCC2(CC1)CN(c1ccc(C(=O)Nc3cc(-c4cccs4)cc(C4CCC5(CNC5)N(Cc5ccc(C(=O)Nc6ccc(F)cc6NC6CC7(CCN6)CCC(=O)N7Cc6ccc(C(=O)Nc7cc(-c8cccs8)ccc7N)cc6)cc5)C4=O)c3N)cn1)C(=O)O2. The van der Waals surface area contributed by atoms with E-state index in [1.54, 1.807) is 53.8 Å². The van der Waals surface area contributed by atoms with E-state index in [4.69, 9.17) is 16.2 Å². The quantitative estimate of drug-likeness (QED) is 0.0419. The number of ether oxygens (including phenoxy) is 1. The smallest absolute Gasteiger partial charge is 0.416 e. The van der Waals surface area contributed by atoms with Gasteiger partial charge in [-0.2, -0.15) is 0 Å². The van der Waals surface area contributed by atoms with Crippen LogP contribution in [0.25, 0.3) is 20.9 Å². The highest BCUT2D eigenvalue weighted by molar-refractivity contribution is 7.13. The van der Waals surface area contributed by atoms with E-state index in [2.05, 4.69) is 48.8 Å². The maximum Gasteiger partial charge on any atom is 0.416 e. The van der Waals surface area contributed by atoms with E-state index < -0.39 is 46.3 Å². The lowest BCUT2D eigenvalue weighted by Crippen LogP contribution is -2.72. The van der Waals surface area contributed by atoms with Crippen LogP contribution in [0.5, 0.6) is 0 Å². The zero-order valence-electron chi connectivity index (χ0n) is 51.8. The number of halogens is 1. The first kappa shape index (κ1) is 62.0. The molecule has 6 saturated heterocycles. The molecule has 10 N–H and O–H groups in total. The van der Waals surface area contributed by atoms with Crippen molar-refractivity contribution >= 4 is 98.2 Å². The number of piperidine rings is 3. The molecule has 5 aromatic carbocycles. The molecule has 3 unspecified atom stereocenters. The fourth-order valence-corrected chi connectivity index (χ4v) is 15.7. The number of rotatable bonds is 16. The number of carbonyl (C=O) groups excluding carboxylic acids is 6. The van der Waals surface area contributed by atoms with Crippen LogP contribution in [0.3, 0.4) is 0 Å². The molecule has 94 heavy (non-hydrogen) atoms. The van der Waals surface area contributed by atoms with Crippen LogP contribution in [0, 0.1) is 5.82 Å². The predicted molar refractivity (Wildman–Crippen MR) is 364 cm³/mol. The van der Waals surface area contributed by atoms with Crippen LogP contribution in [0.15, 0.2) is 150 Å². The minimum Gasteiger partial charge on any atom is -0.440 e. The number of likely N-dealkylation sites (tertiary alicyclic amines) is 3. The molecule has 0 aliphatic carbocycles. The third-order valence-electron chi connectivity index (χ3n) is 19.8. The van der Waals surface area contributed by atoms with Crippen LogP contribution in [-0.2, 0) is 27.4 Å². The Kier molecular flexibility index (Phi) is 16.8. The van der Waals surface area contributed by atoms with E-state index in [0.29, 0.717) is 122 Å². The molecule has 6 aliphatic heterocycles. The Balaban J connectivity index is 0.624. The fraction of sp³-hybridized carbons (Fsp3) is 0.310. The van der Waals surface area contributed by atoms with Crippen molar-refractivity contribution in [3.63, 3.8) is 0 Å². The minimum atomic E-state index is -0.632. The molecule has 0 bridgehead atoms. The third-order valence-corrected chi connectivity index (χ3v) is 21.6. The second kappa shape index (κ2) is 25.4. The summed E-state index contributed by atoms with van der Waals surface area (Å²) in [7, 11) is 2.05. The highest BCUT2D eigenvalue weighted by atomic mass is 32.1. The van der Waals surface area contributed by atoms with Crippen LogP contribution < -0.4 is 48.3 Å². The van der Waals surface area contributed by atoms with Crippen molar-refractivity contribution < 1.29 is 37.9 Å². The Bertz CT molecular complexity index is 4220. The summed E-state index contributed by atoms with van der Waals surface area (Å²) in [6.07, 6.45) is 5.53. The average Bonchev–Trinajstić information content (AvgIpc) is 0.965. The van der Waals surface area contributed by atoms with E-state index in [-0.39, 0.29) is 41.7 Å². The maximum absolute atomic E-state index is 15.2. The molecule has 9 heterocycles. The Hall–Kier alpha value is -9.52. The number of amides is 6. The summed E-state index contributed by atoms with van der Waals surface area (Å²) in [5, 5.41) is 23.3. The summed E-state index contributed by atoms with van der Waals surface area (Å²) in [6, 6.07) is 39.1. The number of thiophene rings is 2. The highest BCUT2D eigenvalue weighted by Gasteiger charge is 2.52. The van der Waals surface area contributed by atoms with Crippen molar-refractivity contribution in [1.82, 2.24) is 30.3 Å². The normalized spacial score (nSPS) is 20.7. The first-order chi connectivity index (χ1) is 45.5. The number of nitrogens with two attached hydrogens (primary N) is 2. The van der Waals surface area contributed by atoms with Crippen LogP contribution in [-0.4, -0.2) is 124 Å². The topological polar surface area (TPSA) is 262 Å². The monoisotopic (exact) mass is 1300 g/mol. The van der Waals surface area contributed by atoms with Gasteiger partial charge in [0.25, 0.3) is 17.7 Å². The van der Waals surface area contributed by atoms with Gasteiger partial charge in [0.1, 0.15) is 17.2 Å². The summed E-state index contributed by atoms with van der Waals surface area (Å²) < 4.78 is 21.0. The van der Waals surface area contributed by atoms with Crippen molar-refractivity contribution in [1.29, 1.82) is 0 Å². The zero-order valence-corrected chi connectivity index (χ0v) is 53.5. The van der Waals surface area contributed by atoms with Crippen molar-refractivity contribution in [2.24, 2.45) is 0 Å². The number of pyridine rings is 1. The molecule has 8 aromatic rings. The molecule has 0 radical (unpaired) electrons. The molecule has 6 fully saturated rings. The summed E-state index contributed by atoms with van der Waals surface area (Å²) in [5.74, 6) is -1.97. The lowest BCUT2D eigenvalue weighted by molar-refractivity contribution is -0.148. The van der Waals surface area contributed by atoms with Crippen molar-refractivity contribution in [3.05, 3.63) is 190 Å². The number of nitrogens with zero attached hydrogens (tertiary/aromatic N) is 5. The van der Waals surface area contributed by atoms with Crippen molar-refractivity contribution in [2.75, 3.05) is 84.0 Å². The zero-order chi connectivity index (χ0) is 64.9. The molecule has 3 atom stereocenters. The van der Waals surface area contributed by atoms with Gasteiger partial charge in [0, 0.05) is 97.6 Å². The van der Waals surface area contributed by atoms with Gasteiger partial charge in [-0.3, -0.25) is 34.2 Å². The van der Waals surface area contributed by atoms with Gasteiger partial charge in [-0.1, -0.05) is 42.5 Å². The second-order valence-electron chi connectivity index (χ2n) is 25.7. The standard InChI is InChI=1S/C71H72FN13O7S2/c1-82-28-25-71(26-29-82)42-83(68(91)92-71)61-19-15-48(37-77-61)66(89)81-57-34-49(59-5-3-31-94-59)32-52(63(57)74)51-20-22-70(40-75-41-70)85(67(51)90)39-44-8-12-45(13-9-44)64(87)79-54-18-16-50(72)35-56(54)78-60-36-69(24-27-76-60)23-21-62(86)84(69)38-43-6-10-46(11-7-43)65(88)80-55-33-47(14-17-53(55)73)58-4-2-30-93-58/h2-19,30-35,37,51,60,75-76,78H,20-29,36,38-42,73-74H2,1H3,(H,79,87)(H,80,88)(H,81,89). The average molecular weight is 1300 g/mol. The molecule has 20 nitrogen and oxygen atoms in total. The van der Waals surface area contributed by atoms with Gasteiger partial charge in [-0.05, 0) is 169 Å². The number of anilines is 7. The Labute approximate surface area is 551 Å². The van der Waals surface area contributed by atoms with Crippen molar-refractivity contribution in [3.8, 4) is 20.9 Å². The molecule has 3 aromatic heterocycles. The van der Waals surface area contributed by atoms with Crippen molar-refractivity contribution in [2.45, 2.75) is 93.2 Å². The number of nitrogen functional groups attached to an aromatic ring is 2. The molecule has 482 valence electrons. The summed E-state index contributed by atoms with van der Waals surface area (Å²) >= 11 is 3.13. The van der Waals surface area contributed by atoms with Gasteiger partial charge in [0.05, 0.1) is 63.9 Å². The maximum atomic E-state index is 15.2. The number of hydrogen-bond acceptors (Lipinski definition) is 16. The van der Waals surface area contributed by atoms with Gasteiger partial charge in [-0.15, -0.1) is 22.7 Å².